The minimum Gasteiger partial charge on any atom is -0.283 e. The molecule has 0 aliphatic heterocycles. The molecule has 4 aromatic rings. The minimum atomic E-state index is -0.126. The highest BCUT2D eigenvalue weighted by Crippen LogP contribution is 2.25. The Bertz CT molecular complexity index is 1380. The number of nitrogens with zero attached hydrogens (tertiary/aromatic N) is 5. The molecular weight excluding hydrogens is 430 g/mol. The van der Waals surface area contributed by atoms with E-state index in [9.17, 15) is 4.79 Å². The summed E-state index contributed by atoms with van der Waals surface area (Å²) < 4.78 is 5.41. The molecule has 31 heavy (non-hydrogen) atoms. The fraction of sp³-hybridized carbons (Fsp3) is 0.174. The molecule has 0 saturated heterocycles. The third kappa shape index (κ3) is 3.94. The van der Waals surface area contributed by atoms with Crippen LogP contribution in [0.2, 0.25) is 5.02 Å². The third-order valence-corrected chi connectivity index (χ3v) is 6.00. The van der Waals surface area contributed by atoms with E-state index in [-0.39, 0.29) is 5.56 Å². The van der Waals surface area contributed by atoms with E-state index < -0.39 is 0 Å². The normalized spacial score (nSPS) is 11.7. The lowest BCUT2D eigenvalue weighted by atomic mass is 10.1. The molecule has 158 valence electrons. The summed E-state index contributed by atoms with van der Waals surface area (Å²) in [5, 5.41) is 11.3. The maximum absolute atomic E-state index is 13.7. The van der Waals surface area contributed by atoms with Gasteiger partial charge in [0.25, 0.3) is 5.56 Å². The Labute approximate surface area is 189 Å². The largest absolute Gasteiger partial charge is 0.296 e. The summed E-state index contributed by atoms with van der Waals surface area (Å²) in [7, 11) is 1.88. The van der Waals surface area contributed by atoms with Crippen LogP contribution in [-0.2, 0) is 7.05 Å². The first kappa shape index (κ1) is 21.1. The first-order valence-electron chi connectivity index (χ1n) is 9.74. The summed E-state index contributed by atoms with van der Waals surface area (Å²) in [6.07, 6.45) is 0. The van der Waals surface area contributed by atoms with Crippen molar-refractivity contribution in [2.24, 2.45) is 17.3 Å². The number of aromatic nitrogens is 3. The van der Waals surface area contributed by atoms with Crippen molar-refractivity contribution >= 4 is 28.6 Å². The first-order valence-corrected chi connectivity index (χ1v) is 11.0. The quantitative estimate of drug-likeness (QED) is 0.320. The fourth-order valence-corrected chi connectivity index (χ4v) is 4.34. The average molecular weight is 452 g/mol. The molecule has 0 radical (unpaired) electrons. The van der Waals surface area contributed by atoms with Crippen LogP contribution in [0.1, 0.15) is 19.5 Å². The Morgan fingerprint density at radius 2 is 1.71 bits per heavy atom. The van der Waals surface area contributed by atoms with Gasteiger partial charge in [-0.3, -0.25) is 14.0 Å². The highest BCUT2D eigenvalue weighted by molar-refractivity contribution is 7.07. The van der Waals surface area contributed by atoms with E-state index >= 15 is 0 Å². The Morgan fingerprint density at radius 3 is 2.35 bits per heavy atom. The number of halogens is 1. The van der Waals surface area contributed by atoms with Crippen molar-refractivity contribution in [2.45, 2.75) is 20.8 Å². The predicted octanol–water partition coefficient (Wildman–Crippen LogP) is 4.95. The van der Waals surface area contributed by atoms with Crippen LogP contribution in [0.25, 0.3) is 22.6 Å². The topological polar surface area (TPSA) is 56.6 Å². The summed E-state index contributed by atoms with van der Waals surface area (Å²) in [5.41, 5.74) is 4.66. The molecule has 0 spiro atoms. The first-order chi connectivity index (χ1) is 14.9. The molecule has 2 aromatic carbocycles. The molecule has 0 aliphatic carbocycles. The summed E-state index contributed by atoms with van der Waals surface area (Å²) in [5.74, 6) is 0. The highest BCUT2D eigenvalue weighted by Gasteiger charge is 2.22. The lowest BCUT2D eigenvalue weighted by Gasteiger charge is -2.08. The fourth-order valence-electron chi connectivity index (χ4n) is 3.37. The van der Waals surface area contributed by atoms with E-state index in [0.717, 1.165) is 28.4 Å². The van der Waals surface area contributed by atoms with Crippen LogP contribution < -0.4 is 10.4 Å². The van der Waals surface area contributed by atoms with E-state index in [1.807, 2.05) is 97.0 Å². The Kier molecular flexibility index (Phi) is 5.80. The van der Waals surface area contributed by atoms with Crippen LogP contribution in [0.15, 0.2) is 75.0 Å². The second kappa shape index (κ2) is 8.53. The van der Waals surface area contributed by atoms with E-state index in [0.29, 0.717) is 15.5 Å². The second-order valence-corrected chi connectivity index (χ2v) is 8.58. The van der Waals surface area contributed by atoms with E-state index in [1.165, 1.54) is 11.3 Å². The van der Waals surface area contributed by atoms with Crippen LogP contribution in [0.3, 0.4) is 0 Å². The second-order valence-electron chi connectivity index (χ2n) is 7.30. The Balaban J connectivity index is 2.05. The minimum absolute atomic E-state index is 0.126. The van der Waals surface area contributed by atoms with Gasteiger partial charge in [0.1, 0.15) is 5.69 Å². The van der Waals surface area contributed by atoms with Gasteiger partial charge in [0.05, 0.1) is 17.1 Å². The van der Waals surface area contributed by atoms with E-state index in [2.05, 4.69) is 10.2 Å². The molecule has 0 aliphatic rings. The van der Waals surface area contributed by atoms with Crippen molar-refractivity contribution in [3.05, 3.63) is 85.8 Å². The number of rotatable bonds is 4. The zero-order valence-electron chi connectivity index (χ0n) is 17.7. The Hall–Kier alpha value is -3.16. The number of thiazole rings is 1. The number of para-hydroxylation sites is 1. The van der Waals surface area contributed by atoms with E-state index in [4.69, 9.17) is 11.6 Å². The molecule has 0 bridgehead atoms. The zero-order chi connectivity index (χ0) is 22.1. The van der Waals surface area contributed by atoms with Crippen LogP contribution in [0, 0.1) is 6.92 Å². The number of hydrogen-bond donors (Lipinski definition) is 0. The molecule has 0 unspecified atom stereocenters. The van der Waals surface area contributed by atoms with Gasteiger partial charge in [-0.2, -0.15) is 5.10 Å². The molecule has 4 rings (SSSR count). The summed E-state index contributed by atoms with van der Waals surface area (Å²) >= 11 is 7.53. The molecular formula is C23H22ClN5OS. The SMILES string of the molecule is CC(C)=N/N=c1/scc(-c2ccc(Cl)cc2)n1-c1c(C)n(C)n(-c2ccccc2)c1=O. The maximum atomic E-state index is 13.7. The van der Waals surface area contributed by atoms with Gasteiger partial charge in [-0.1, -0.05) is 41.9 Å². The maximum Gasteiger partial charge on any atom is 0.296 e. The Morgan fingerprint density at radius 1 is 1.03 bits per heavy atom. The summed E-state index contributed by atoms with van der Waals surface area (Å²) in [6, 6.07) is 17.1. The molecule has 0 fully saturated rings. The molecule has 0 amide bonds. The summed E-state index contributed by atoms with van der Waals surface area (Å²) in [4.78, 5) is 14.3. The van der Waals surface area contributed by atoms with Gasteiger partial charge < -0.3 is 0 Å². The van der Waals surface area contributed by atoms with Crippen molar-refractivity contribution < 1.29 is 0 Å². The van der Waals surface area contributed by atoms with Crippen LogP contribution in [0.4, 0.5) is 0 Å². The predicted molar refractivity (Wildman–Crippen MR) is 128 cm³/mol. The lowest BCUT2D eigenvalue weighted by molar-refractivity contribution is 0.630. The summed E-state index contributed by atoms with van der Waals surface area (Å²) in [6.45, 7) is 5.71. The zero-order valence-corrected chi connectivity index (χ0v) is 19.3. The standard InChI is InChI=1S/C23H22ClN5OS/c1-15(2)25-26-23-28(20(14-31-23)17-10-12-18(24)13-11-17)21-16(3)27(4)29(22(21)30)19-8-6-5-7-9-19/h5-14H,1-4H3/b26-23+. The average Bonchev–Trinajstić information content (AvgIpc) is 3.26. The van der Waals surface area contributed by atoms with Gasteiger partial charge in [0.2, 0.25) is 4.80 Å². The van der Waals surface area contributed by atoms with Crippen molar-refractivity contribution in [1.82, 2.24) is 13.9 Å². The molecule has 6 nitrogen and oxygen atoms in total. The van der Waals surface area contributed by atoms with Crippen molar-refractivity contribution in [1.29, 1.82) is 0 Å². The van der Waals surface area contributed by atoms with Gasteiger partial charge in [-0.05, 0) is 50.6 Å². The smallest absolute Gasteiger partial charge is 0.283 e. The monoisotopic (exact) mass is 451 g/mol. The molecule has 2 aromatic heterocycles. The molecule has 2 heterocycles. The van der Waals surface area contributed by atoms with Crippen LogP contribution in [-0.4, -0.2) is 19.6 Å². The van der Waals surface area contributed by atoms with Gasteiger partial charge in [-0.15, -0.1) is 16.4 Å². The molecule has 8 heteroatoms. The van der Waals surface area contributed by atoms with Gasteiger partial charge in [-0.25, -0.2) is 4.68 Å². The van der Waals surface area contributed by atoms with Crippen molar-refractivity contribution in [3.63, 3.8) is 0 Å². The van der Waals surface area contributed by atoms with Gasteiger partial charge >= 0.3 is 0 Å². The van der Waals surface area contributed by atoms with Crippen molar-refractivity contribution in [3.8, 4) is 22.6 Å². The van der Waals surface area contributed by atoms with Gasteiger partial charge in [0, 0.05) is 23.2 Å². The van der Waals surface area contributed by atoms with Crippen LogP contribution in [0.5, 0.6) is 0 Å². The lowest BCUT2D eigenvalue weighted by Crippen LogP contribution is -2.24. The molecule has 0 N–H and O–H groups in total. The van der Waals surface area contributed by atoms with Crippen LogP contribution >= 0.6 is 22.9 Å². The van der Waals surface area contributed by atoms with Crippen molar-refractivity contribution in [2.75, 3.05) is 0 Å². The van der Waals surface area contributed by atoms with Gasteiger partial charge in [0.15, 0.2) is 0 Å². The third-order valence-electron chi connectivity index (χ3n) is 4.93. The highest BCUT2D eigenvalue weighted by atomic mass is 35.5. The molecule has 0 saturated carbocycles. The number of benzene rings is 2. The van der Waals surface area contributed by atoms with E-state index in [1.54, 1.807) is 4.68 Å². The molecule has 0 atom stereocenters. The number of hydrogen-bond acceptors (Lipinski definition) is 4.